The molecule has 0 aliphatic carbocycles. The molecule has 2 aromatic carbocycles. The molecule has 0 bridgehead atoms. The van der Waals surface area contributed by atoms with Gasteiger partial charge in [0.15, 0.2) is 0 Å². The number of hydrogen-bond acceptors (Lipinski definition) is 5. The van der Waals surface area contributed by atoms with Crippen LogP contribution in [0.15, 0.2) is 48.5 Å². The third kappa shape index (κ3) is 4.97. The second-order valence-electron chi connectivity index (χ2n) is 4.76. The number of hydrogen-bond donors (Lipinski definition) is 4. The van der Waals surface area contributed by atoms with E-state index in [-0.39, 0.29) is 12.6 Å². The summed E-state index contributed by atoms with van der Waals surface area (Å²) in [4.78, 5) is 0. The summed E-state index contributed by atoms with van der Waals surface area (Å²) in [6, 6.07) is 15.1. The molecule has 0 saturated heterocycles. The minimum atomic E-state index is 0.00541. The average molecular weight is 304 g/mol. The standard InChI is InChI=1S/C16H20N2O2S/c17-13(11-21)9-18-14-4-6-15(7-5-14)20-16-3-1-2-12(8-16)10-19/h1-8,13,18-19,21H,9-11,17H2/t13-/m1/s1. The quantitative estimate of drug-likeness (QED) is 0.594. The summed E-state index contributed by atoms with van der Waals surface area (Å²) in [5.41, 5.74) is 7.61. The van der Waals surface area contributed by atoms with Crippen LogP contribution >= 0.6 is 12.6 Å². The molecule has 21 heavy (non-hydrogen) atoms. The molecule has 0 fully saturated rings. The van der Waals surface area contributed by atoms with E-state index in [4.69, 9.17) is 15.6 Å². The van der Waals surface area contributed by atoms with Crippen molar-refractivity contribution in [2.24, 2.45) is 5.73 Å². The molecule has 0 aromatic heterocycles. The Balaban J connectivity index is 1.95. The molecule has 0 unspecified atom stereocenters. The first-order valence-corrected chi connectivity index (χ1v) is 7.42. The monoisotopic (exact) mass is 304 g/mol. The molecule has 0 saturated carbocycles. The van der Waals surface area contributed by atoms with Gasteiger partial charge in [0.25, 0.3) is 0 Å². The molecule has 1 atom stereocenters. The van der Waals surface area contributed by atoms with Crippen LogP contribution in [0, 0.1) is 0 Å². The normalized spacial score (nSPS) is 12.0. The highest BCUT2D eigenvalue weighted by molar-refractivity contribution is 7.80. The summed E-state index contributed by atoms with van der Waals surface area (Å²) < 4.78 is 5.75. The zero-order valence-electron chi connectivity index (χ0n) is 11.7. The Bertz CT molecular complexity index is 560. The fraction of sp³-hybridized carbons (Fsp3) is 0.250. The molecule has 0 amide bonds. The van der Waals surface area contributed by atoms with Gasteiger partial charge in [-0.05, 0) is 42.0 Å². The zero-order chi connectivity index (χ0) is 15.1. The van der Waals surface area contributed by atoms with Crippen molar-refractivity contribution in [1.29, 1.82) is 0 Å². The number of aliphatic hydroxyl groups excluding tert-OH is 1. The summed E-state index contributed by atoms with van der Waals surface area (Å²) in [6.07, 6.45) is 0. The Morgan fingerprint density at radius 2 is 1.90 bits per heavy atom. The minimum Gasteiger partial charge on any atom is -0.457 e. The minimum absolute atomic E-state index is 0.00541. The number of rotatable bonds is 7. The number of anilines is 1. The van der Waals surface area contributed by atoms with Crippen molar-refractivity contribution in [1.82, 2.24) is 0 Å². The van der Waals surface area contributed by atoms with Crippen LogP contribution in [0.5, 0.6) is 11.5 Å². The van der Waals surface area contributed by atoms with Gasteiger partial charge in [-0.3, -0.25) is 0 Å². The SMILES string of the molecule is N[C@@H](CS)CNc1ccc(Oc2cccc(CO)c2)cc1. The van der Waals surface area contributed by atoms with Gasteiger partial charge in [-0.2, -0.15) is 12.6 Å². The fourth-order valence-corrected chi connectivity index (χ4v) is 1.93. The lowest BCUT2D eigenvalue weighted by atomic mass is 10.2. The predicted molar refractivity (Wildman–Crippen MR) is 89.2 cm³/mol. The number of thiol groups is 1. The largest absolute Gasteiger partial charge is 0.457 e. The maximum Gasteiger partial charge on any atom is 0.127 e. The molecule has 0 radical (unpaired) electrons. The lowest BCUT2D eigenvalue weighted by Crippen LogP contribution is -2.30. The van der Waals surface area contributed by atoms with Gasteiger partial charge in [0.2, 0.25) is 0 Å². The number of nitrogens with one attached hydrogen (secondary N) is 1. The van der Waals surface area contributed by atoms with Gasteiger partial charge in [-0.1, -0.05) is 12.1 Å². The van der Waals surface area contributed by atoms with Gasteiger partial charge in [0, 0.05) is 24.0 Å². The number of ether oxygens (including phenoxy) is 1. The van der Waals surface area contributed by atoms with Crippen molar-refractivity contribution in [2.75, 3.05) is 17.6 Å². The van der Waals surface area contributed by atoms with Crippen molar-refractivity contribution < 1.29 is 9.84 Å². The van der Waals surface area contributed by atoms with Crippen LogP contribution in [0.1, 0.15) is 5.56 Å². The Kier molecular flexibility index (Phi) is 5.92. The molecule has 4 N–H and O–H groups in total. The van der Waals surface area contributed by atoms with E-state index in [2.05, 4.69) is 17.9 Å². The van der Waals surface area contributed by atoms with E-state index in [1.807, 2.05) is 48.5 Å². The molecule has 5 heteroatoms. The summed E-state index contributed by atoms with van der Waals surface area (Å²) in [7, 11) is 0. The topological polar surface area (TPSA) is 67.5 Å². The molecule has 0 spiro atoms. The van der Waals surface area contributed by atoms with E-state index in [1.54, 1.807) is 0 Å². The van der Waals surface area contributed by atoms with Crippen molar-refractivity contribution in [3.8, 4) is 11.5 Å². The molecule has 4 nitrogen and oxygen atoms in total. The van der Waals surface area contributed by atoms with E-state index >= 15 is 0 Å². The lowest BCUT2D eigenvalue weighted by molar-refractivity contribution is 0.281. The maximum absolute atomic E-state index is 9.11. The summed E-state index contributed by atoms with van der Waals surface area (Å²) in [6.45, 7) is 0.688. The first kappa shape index (κ1) is 15.7. The van der Waals surface area contributed by atoms with E-state index in [9.17, 15) is 0 Å². The smallest absolute Gasteiger partial charge is 0.127 e. The van der Waals surface area contributed by atoms with Gasteiger partial charge in [0.05, 0.1) is 6.61 Å². The van der Waals surface area contributed by atoms with Crippen LogP contribution in [0.3, 0.4) is 0 Å². The Morgan fingerprint density at radius 3 is 2.57 bits per heavy atom. The van der Waals surface area contributed by atoms with Crippen molar-refractivity contribution in [3.63, 3.8) is 0 Å². The molecule has 112 valence electrons. The molecular formula is C16H20N2O2S. The highest BCUT2D eigenvalue weighted by Crippen LogP contribution is 2.23. The fourth-order valence-electron chi connectivity index (χ4n) is 1.80. The van der Waals surface area contributed by atoms with E-state index in [0.29, 0.717) is 18.0 Å². The van der Waals surface area contributed by atoms with Crippen molar-refractivity contribution in [2.45, 2.75) is 12.6 Å². The first-order chi connectivity index (χ1) is 10.2. The molecule has 0 heterocycles. The highest BCUT2D eigenvalue weighted by atomic mass is 32.1. The molecule has 2 aromatic rings. The Morgan fingerprint density at radius 1 is 1.14 bits per heavy atom. The number of nitrogens with two attached hydrogens (primary N) is 1. The highest BCUT2D eigenvalue weighted by Gasteiger charge is 2.01. The van der Waals surface area contributed by atoms with Crippen LogP contribution in [-0.2, 0) is 6.61 Å². The summed E-state index contributed by atoms with van der Waals surface area (Å²) >= 11 is 4.15. The van der Waals surface area contributed by atoms with Crippen LogP contribution in [0.2, 0.25) is 0 Å². The number of aliphatic hydroxyl groups is 1. The maximum atomic E-state index is 9.11. The van der Waals surface area contributed by atoms with Crippen molar-refractivity contribution >= 4 is 18.3 Å². The van der Waals surface area contributed by atoms with E-state index < -0.39 is 0 Å². The second kappa shape index (κ2) is 7.93. The first-order valence-electron chi connectivity index (χ1n) is 6.79. The second-order valence-corrected chi connectivity index (χ2v) is 5.12. The van der Waals surface area contributed by atoms with E-state index in [0.717, 1.165) is 17.0 Å². The number of benzene rings is 2. The van der Waals surface area contributed by atoms with Gasteiger partial charge in [-0.25, -0.2) is 0 Å². The Hall–Kier alpha value is -1.69. The van der Waals surface area contributed by atoms with Gasteiger partial charge >= 0.3 is 0 Å². The molecule has 0 aliphatic heterocycles. The third-order valence-electron chi connectivity index (χ3n) is 2.97. The molecular weight excluding hydrogens is 284 g/mol. The van der Waals surface area contributed by atoms with E-state index in [1.165, 1.54) is 0 Å². The molecule has 2 rings (SSSR count). The lowest BCUT2D eigenvalue weighted by Gasteiger charge is -2.12. The van der Waals surface area contributed by atoms with Gasteiger partial charge < -0.3 is 20.9 Å². The average Bonchev–Trinajstić information content (AvgIpc) is 2.54. The van der Waals surface area contributed by atoms with Crippen LogP contribution in [0.25, 0.3) is 0 Å². The van der Waals surface area contributed by atoms with Crippen LogP contribution in [0.4, 0.5) is 5.69 Å². The predicted octanol–water partition coefficient (Wildman–Crippen LogP) is 2.64. The summed E-state index contributed by atoms with van der Waals surface area (Å²) in [5.74, 6) is 2.10. The zero-order valence-corrected chi connectivity index (χ0v) is 12.6. The van der Waals surface area contributed by atoms with Crippen molar-refractivity contribution in [3.05, 3.63) is 54.1 Å². The Labute approximate surface area is 130 Å². The summed E-state index contributed by atoms with van der Waals surface area (Å²) in [5, 5.41) is 12.4. The third-order valence-corrected chi connectivity index (χ3v) is 3.44. The van der Waals surface area contributed by atoms with Crippen LogP contribution < -0.4 is 15.8 Å². The molecule has 0 aliphatic rings. The van der Waals surface area contributed by atoms with Gasteiger partial charge in [-0.15, -0.1) is 0 Å². The van der Waals surface area contributed by atoms with Gasteiger partial charge in [0.1, 0.15) is 11.5 Å². The van der Waals surface area contributed by atoms with Crippen LogP contribution in [-0.4, -0.2) is 23.4 Å².